The van der Waals surface area contributed by atoms with Crippen molar-refractivity contribution in [3.05, 3.63) is 47.9 Å². The van der Waals surface area contributed by atoms with Gasteiger partial charge in [-0.2, -0.15) is 0 Å². The van der Waals surface area contributed by atoms with Gasteiger partial charge in [0, 0.05) is 11.6 Å². The smallest absolute Gasteiger partial charge is 0.126 e. The lowest BCUT2D eigenvalue weighted by atomic mass is 10.1. The highest BCUT2D eigenvalue weighted by Crippen LogP contribution is 2.26. The Morgan fingerprint density at radius 1 is 1.18 bits per heavy atom. The number of halogens is 2. The Labute approximate surface area is 98.3 Å². The summed E-state index contributed by atoms with van der Waals surface area (Å²) in [7, 11) is 0. The van der Waals surface area contributed by atoms with E-state index >= 15 is 0 Å². The number of hydrogen-bond acceptors (Lipinski definition) is 2. The molecule has 1 aromatic carbocycles. The maximum absolute atomic E-state index is 13.1. The lowest BCUT2D eigenvalue weighted by Crippen LogP contribution is -2.11. The first-order valence-corrected chi connectivity index (χ1v) is 5.44. The van der Waals surface area contributed by atoms with Crippen molar-refractivity contribution in [2.45, 2.75) is 13.5 Å². The molecule has 0 aliphatic rings. The Bertz CT molecular complexity index is 488. The predicted molar refractivity (Wildman–Crippen MR) is 61.4 cm³/mol. The molecular formula is C13H13F2NO. The first-order valence-electron chi connectivity index (χ1n) is 5.44. The molecule has 2 aromatic rings. The first-order chi connectivity index (χ1) is 8.20. The van der Waals surface area contributed by atoms with Gasteiger partial charge in [-0.1, -0.05) is 6.92 Å². The van der Waals surface area contributed by atoms with Crippen molar-refractivity contribution in [3.8, 4) is 11.1 Å². The molecule has 90 valence electrons. The maximum atomic E-state index is 13.1. The molecule has 0 radical (unpaired) electrons. The topological polar surface area (TPSA) is 25.2 Å². The van der Waals surface area contributed by atoms with Gasteiger partial charge in [0.2, 0.25) is 0 Å². The van der Waals surface area contributed by atoms with Crippen LogP contribution in [0.25, 0.3) is 11.1 Å². The van der Waals surface area contributed by atoms with Gasteiger partial charge in [-0.25, -0.2) is 8.78 Å². The zero-order valence-corrected chi connectivity index (χ0v) is 9.47. The second kappa shape index (κ2) is 5.10. The first kappa shape index (κ1) is 11.8. The van der Waals surface area contributed by atoms with Crippen molar-refractivity contribution >= 4 is 0 Å². The van der Waals surface area contributed by atoms with Crippen LogP contribution in [0.1, 0.15) is 12.7 Å². The Hall–Kier alpha value is -1.68. The average Bonchev–Trinajstić information content (AvgIpc) is 2.73. The molecule has 0 aliphatic carbocycles. The fourth-order valence-electron chi connectivity index (χ4n) is 1.68. The molecule has 0 saturated heterocycles. The van der Waals surface area contributed by atoms with E-state index < -0.39 is 11.6 Å². The lowest BCUT2D eigenvalue weighted by Gasteiger charge is -2.04. The summed E-state index contributed by atoms with van der Waals surface area (Å²) in [6.45, 7) is 3.32. The molecule has 0 amide bonds. The fourth-order valence-corrected chi connectivity index (χ4v) is 1.68. The molecule has 2 nitrogen and oxygen atoms in total. The molecule has 1 heterocycles. The van der Waals surface area contributed by atoms with Crippen LogP contribution in [0.2, 0.25) is 0 Å². The number of nitrogens with one attached hydrogen (secondary N) is 1. The molecule has 0 unspecified atom stereocenters. The molecule has 0 spiro atoms. The van der Waals surface area contributed by atoms with Gasteiger partial charge in [0.1, 0.15) is 17.4 Å². The van der Waals surface area contributed by atoms with E-state index in [4.69, 9.17) is 4.42 Å². The summed E-state index contributed by atoms with van der Waals surface area (Å²) in [6.07, 6.45) is 1.52. The van der Waals surface area contributed by atoms with Gasteiger partial charge in [-0.05, 0) is 30.3 Å². The number of benzene rings is 1. The molecular weight excluding hydrogens is 224 g/mol. The minimum absolute atomic E-state index is 0.490. The minimum Gasteiger partial charge on any atom is -0.467 e. The fraction of sp³-hybridized carbons (Fsp3) is 0.231. The Balaban J connectivity index is 2.35. The van der Waals surface area contributed by atoms with Crippen LogP contribution in [0.15, 0.2) is 34.9 Å². The Kier molecular flexibility index (Phi) is 3.54. The molecule has 2 rings (SSSR count). The van der Waals surface area contributed by atoms with Crippen molar-refractivity contribution in [2.75, 3.05) is 6.54 Å². The van der Waals surface area contributed by atoms with Gasteiger partial charge in [0.25, 0.3) is 0 Å². The summed E-state index contributed by atoms with van der Waals surface area (Å²) < 4.78 is 31.5. The largest absolute Gasteiger partial charge is 0.467 e. The highest BCUT2D eigenvalue weighted by Gasteiger charge is 2.10. The summed E-state index contributed by atoms with van der Waals surface area (Å²) in [5.74, 6) is -0.497. The third-order valence-corrected chi connectivity index (χ3v) is 2.45. The zero-order chi connectivity index (χ0) is 12.3. The van der Waals surface area contributed by atoms with Crippen molar-refractivity contribution in [3.63, 3.8) is 0 Å². The van der Waals surface area contributed by atoms with Crippen LogP contribution in [0.4, 0.5) is 8.78 Å². The van der Waals surface area contributed by atoms with E-state index in [9.17, 15) is 8.78 Å². The predicted octanol–water partition coefficient (Wildman–Crippen LogP) is 3.33. The van der Waals surface area contributed by atoms with Crippen molar-refractivity contribution < 1.29 is 13.2 Å². The quantitative estimate of drug-likeness (QED) is 0.882. The molecule has 0 atom stereocenters. The summed E-state index contributed by atoms with van der Waals surface area (Å²) in [5, 5.41) is 3.11. The van der Waals surface area contributed by atoms with E-state index in [1.807, 2.05) is 6.92 Å². The van der Waals surface area contributed by atoms with E-state index in [0.29, 0.717) is 23.4 Å². The van der Waals surface area contributed by atoms with E-state index in [1.54, 1.807) is 6.07 Å². The van der Waals surface area contributed by atoms with E-state index in [-0.39, 0.29) is 0 Å². The van der Waals surface area contributed by atoms with Crippen LogP contribution in [0.5, 0.6) is 0 Å². The van der Waals surface area contributed by atoms with Gasteiger partial charge in [-0.3, -0.25) is 0 Å². The van der Waals surface area contributed by atoms with Crippen LogP contribution < -0.4 is 5.32 Å². The Morgan fingerprint density at radius 2 is 1.88 bits per heavy atom. The minimum atomic E-state index is -0.587. The van der Waals surface area contributed by atoms with Gasteiger partial charge >= 0.3 is 0 Å². The van der Waals surface area contributed by atoms with Crippen LogP contribution in [-0.4, -0.2) is 6.54 Å². The lowest BCUT2D eigenvalue weighted by molar-refractivity contribution is 0.489. The second-order valence-electron chi connectivity index (χ2n) is 3.70. The normalized spacial score (nSPS) is 10.8. The van der Waals surface area contributed by atoms with E-state index in [1.165, 1.54) is 18.4 Å². The molecule has 4 heteroatoms. The van der Waals surface area contributed by atoms with Gasteiger partial charge in [0.05, 0.1) is 12.8 Å². The van der Waals surface area contributed by atoms with Crippen molar-refractivity contribution in [2.24, 2.45) is 0 Å². The third kappa shape index (κ3) is 2.71. The summed E-state index contributed by atoms with van der Waals surface area (Å²) in [6, 6.07) is 5.15. The molecule has 0 aliphatic heterocycles. The van der Waals surface area contributed by atoms with Crippen LogP contribution in [-0.2, 0) is 6.54 Å². The highest BCUT2D eigenvalue weighted by molar-refractivity contribution is 5.65. The third-order valence-electron chi connectivity index (χ3n) is 2.45. The monoisotopic (exact) mass is 237 g/mol. The molecule has 0 fully saturated rings. The number of hydrogen-bond donors (Lipinski definition) is 1. The van der Waals surface area contributed by atoms with Crippen molar-refractivity contribution in [1.29, 1.82) is 0 Å². The van der Waals surface area contributed by atoms with Crippen LogP contribution in [0.3, 0.4) is 0 Å². The molecule has 0 bridgehead atoms. The van der Waals surface area contributed by atoms with Gasteiger partial charge < -0.3 is 9.73 Å². The van der Waals surface area contributed by atoms with Gasteiger partial charge in [0.15, 0.2) is 0 Å². The van der Waals surface area contributed by atoms with Crippen LogP contribution >= 0.6 is 0 Å². The maximum Gasteiger partial charge on any atom is 0.126 e. The summed E-state index contributed by atoms with van der Waals surface area (Å²) in [4.78, 5) is 0. The van der Waals surface area contributed by atoms with E-state index in [0.717, 1.165) is 12.6 Å². The Morgan fingerprint density at radius 3 is 2.53 bits per heavy atom. The average molecular weight is 237 g/mol. The number of rotatable bonds is 4. The van der Waals surface area contributed by atoms with Gasteiger partial charge in [-0.15, -0.1) is 0 Å². The molecule has 1 aromatic heterocycles. The molecule has 1 N–H and O–H groups in total. The molecule has 17 heavy (non-hydrogen) atoms. The SMILES string of the molecule is CCNCc1occc1-c1cc(F)cc(F)c1. The molecule has 0 saturated carbocycles. The van der Waals surface area contributed by atoms with E-state index in [2.05, 4.69) is 5.32 Å². The zero-order valence-electron chi connectivity index (χ0n) is 9.47. The number of furan rings is 1. The van der Waals surface area contributed by atoms with Crippen molar-refractivity contribution in [1.82, 2.24) is 5.32 Å². The summed E-state index contributed by atoms with van der Waals surface area (Å²) in [5.41, 5.74) is 1.20. The van der Waals surface area contributed by atoms with Crippen LogP contribution in [0, 0.1) is 11.6 Å². The second-order valence-corrected chi connectivity index (χ2v) is 3.70. The summed E-state index contributed by atoms with van der Waals surface area (Å²) >= 11 is 0. The highest BCUT2D eigenvalue weighted by atomic mass is 19.1. The standard InChI is InChI=1S/C13H13F2NO/c1-2-16-8-13-12(3-4-17-13)9-5-10(14)7-11(15)6-9/h3-7,16H,2,8H2,1H3.